The van der Waals surface area contributed by atoms with Crippen LogP contribution in [-0.2, 0) is 4.74 Å². The van der Waals surface area contributed by atoms with Gasteiger partial charge in [0.1, 0.15) is 6.10 Å². The summed E-state index contributed by atoms with van der Waals surface area (Å²) in [6, 6.07) is 20.5. The number of methoxy groups -OCH3 is 1. The third-order valence-electron chi connectivity index (χ3n) is 2.44. The maximum atomic E-state index is 5.52. The number of rotatable bonds is 3. The van der Waals surface area contributed by atoms with E-state index in [0.717, 1.165) is 0 Å². The third kappa shape index (κ3) is 5.71. The maximum absolute atomic E-state index is 5.52. The summed E-state index contributed by atoms with van der Waals surface area (Å²) in [6.07, 6.45) is 0.0346. The van der Waals surface area contributed by atoms with Crippen LogP contribution in [-0.4, -0.2) is 7.11 Å². The van der Waals surface area contributed by atoms with Crippen LogP contribution in [0.25, 0.3) is 0 Å². The summed E-state index contributed by atoms with van der Waals surface area (Å²) in [5.41, 5.74) is 2.37. The molecule has 2 aromatic carbocycles. The van der Waals surface area contributed by atoms with E-state index in [9.17, 15) is 0 Å². The van der Waals surface area contributed by atoms with Crippen LogP contribution < -0.4 is 0 Å². The van der Waals surface area contributed by atoms with Gasteiger partial charge in [0.25, 0.3) is 0 Å². The van der Waals surface area contributed by atoms with Crippen molar-refractivity contribution in [2.24, 2.45) is 0 Å². The number of hydrogen-bond donors (Lipinski definition) is 0. The van der Waals surface area contributed by atoms with Gasteiger partial charge in [-0.2, -0.15) is 0 Å². The highest BCUT2D eigenvalue weighted by atomic mass is 16.5. The van der Waals surface area contributed by atoms with Crippen LogP contribution in [0.2, 0.25) is 0 Å². The summed E-state index contributed by atoms with van der Waals surface area (Å²) in [5, 5.41) is 0. The van der Waals surface area contributed by atoms with Gasteiger partial charge in [-0.3, -0.25) is 0 Å². The van der Waals surface area contributed by atoms with Gasteiger partial charge in [-0.25, -0.2) is 0 Å². The zero-order valence-corrected chi connectivity index (χ0v) is 12.8. The Morgan fingerprint density at radius 1 is 0.632 bits per heavy atom. The first-order chi connectivity index (χ1) is 9.42. The molecular formula is C18H26O. The van der Waals surface area contributed by atoms with Gasteiger partial charge < -0.3 is 4.74 Å². The molecule has 1 nitrogen and oxygen atoms in total. The molecule has 19 heavy (non-hydrogen) atoms. The second-order valence-electron chi connectivity index (χ2n) is 3.44. The highest BCUT2D eigenvalue weighted by Crippen LogP contribution is 2.24. The average Bonchev–Trinajstić information content (AvgIpc) is 2.54. The van der Waals surface area contributed by atoms with Gasteiger partial charge in [0.05, 0.1) is 0 Å². The quantitative estimate of drug-likeness (QED) is 0.709. The average molecular weight is 258 g/mol. The lowest BCUT2D eigenvalue weighted by atomic mass is 10.0. The molecule has 0 aliphatic carbocycles. The summed E-state index contributed by atoms with van der Waals surface area (Å²) in [5.74, 6) is 0. The van der Waals surface area contributed by atoms with Crippen LogP contribution in [0.3, 0.4) is 0 Å². The molecule has 0 atom stereocenters. The van der Waals surface area contributed by atoms with Crippen molar-refractivity contribution in [1.29, 1.82) is 0 Å². The molecule has 0 aliphatic rings. The van der Waals surface area contributed by atoms with E-state index < -0.39 is 0 Å². The first-order valence-corrected chi connectivity index (χ1v) is 7.04. The highest BCUT2D eigenvalue weighted by Gasteiger charge is 2.11. The normalized spacial score (nSPS) is 8.95. The molecule has 0 heterocycles. The SMILES string of the molecule is CC.CC.COC(c1ccccc1)c1ccccc1. The smallest absolute Gasteiger partial charge is 0.107 e. The van der Waals surface area contributed by atoms with Gasteiger partial charge in [0.15, 0.2) is 0 Å². The lowest BCUT2D eigenvalue weighted by Crippen LogP contribution is -2.02. The Balaban J connectivity index is 0.000000741. The van der Waals surface area contributed by atoms with Crippen LogP contribution in [0.4, 0.5) is 0 Å². The molecule has 0 spiro atoms. The van der Waals surface area contributed by atoms with Gasteiger partial charge in [0, 0.05) is 7.11 Å². The van der Waals surface area contributed by atoms with E-state index in [0.29, 0.717) is 0 Å². The van der Waals surface area contributed by atoms with Crippen molar-refractivity contribution in [2.75, 3.05) is 7.11 Å². The van der Waals surface area contributed by atoms with E-state index in [1.165, 1.54) is 11.1 Å². The minimum atomic E-state index is 0.0346. The highest BCUT2D eigenvalue weighted by molar-refractivity contribution is 5.29. The van der Waals surface area contributed by atoms with E-state index in [2.05, 4.69) is 24.3 Å². The fraction of sp³-hybridized carbons (Fsp3) is 0.333. The van der Waals surface area contributed by atoms with Crippen molar-refractivity contribution in [3.05, 3.63) is 71.8 Å². The summed E-state index contributed by atoms with van der Waals surface area (Å²) >= 11 is 0. The molecule has 0 amide bonds. The maximum Gasteiger partial charge on any atom is 0.107 e. The van der Waals surface area contributed by atoms with Gasteiger partial charge >= 0.3 is 0 Å². The van der Waals surface area contributed by atoms with E-state index in [-0.39, 0.29) is 6.10 Å². The minimum absolute atomic E-state index is 0.0346. The molecule has 0 aliphatic heterocycles. The topological polar surface area (TPSA) is 9.23 Å². The summed E-state index contributed by atoms with van der Waals surface area (Å²) in [4.78, 5) is 0. The monoisotopic (exact) mass is 258 g/mol. The van der Waals surface area contributed by atoms with Gasteiger partial charge in [0.2, 0.25) is 0 Å². The van der Waals surface area contributed by atoms with E-state index in [4.69, 9.17) is 4.74 Å². The second-order valence-corrected chi connectivity index (χ2v) is 3.44. The van der Waals surface area contributed by atoms with Crippen molar-refractivity contribution in [1.82, 2.24) is 0 Å². The molecular weight excluding hydrogens is 232 g/mol. The number of ether oxygens (including phenoxy) is 1. The number of hydrogen-bond acceptors (Lipinski definition) is 1. The summed E-state index contributed by atoms with van der Waals surface area (Å²) in [7, 11) is 1.74. The molecule has 0 N–H and O–H groups in total. The molecule has 0 aromatic heterocycles. The Labute approximate surface area is 118 Å². The van der Waals surface area contributed by atoms with Crippen LogP contribution in [0.15, 0.2) is 60.7 Å². The van der Waals surface area contributed by atoms with Gasteiger partial charge in [-0.15, -0.1) is 0 Å². The molecule has 0 bridgehead atoms. The zero-order valence-electron chi connectivity index (χ0n) is 12.8. The first kappa shape index (κ1) is 17.4. The van der Waals surface area contributed by atoms with Gasteiger partial charge in [-0.1, -0.05) is 88.4 Å². The Morgan fingerprint density at radius 2 is 0.947 bits per heavy atom. The van der Waals surface area contributed by atoms with E-state index >= 15 is 0 Å². The molecule has 0 unspecified atom stereocenters. The third-order valence-corrected chi connectivity index (χ3v) is 2.44. The van der Waals surface area contributed by atoms with E-state index in [1.807, 2.05) is 64.1 Å². The number of benzene rings is 2. The molecule has 1 heteroatoms. The van der Waals surface area contributed by atoms with Crippen molar-refractivity contribution < 1.29 is 4.74 Å². The van der Waals surface area contributed by atoms with E-state index in [1.54, 1.807) is 7.11 Å². The Bertz CT molecular complexity index is 355. The van der Waals surface area contributed by atoms with Crippen molar-refractivity contribution in [3.8, 4) is 0 Å². The van der Waals surface area contributed by atoms with Crippen molar-refractivity contribution in [3.63, 3.8) is 0 Å². The predicted molar refractivity (Wildman–Crippen MR) is 84.4 cm³/mol. The summed E-state index contributed by atoms with van der Waals surface area (Å²) in [6.45, 7) is 8.00. The molecule has 104 valence electrons. The second kappa shape index (κ2) is 11.5. The Morgan fingerprint density at radius 3 is 1.21 bits per heavy atom. The van der Waals surface area contributed by atoms with Gasteiger partial charge in [-0.05, 0) is 11.1 Å². The predicted octanol–water partition coefficient (Wildman–Crippen LogP) is 5.47. The minimum Gasteiger partial charge on any atom is -0.372 e. The van der Waals surface area contributed by atoms with Crippen LogP contribution in [0.1, 0.15) is 44.9 Å². The van der Waals surface area contributed by atoms with Crippen LogP contribution in [0, 0.1) is 0 Å². The lowest BCUT2D eigenvalue weighted by Gasteiger charge is -2.15. The zero-order chi connectivity index (χ0) is 14.5. The first-order valence-electron chi connectivity index (χ1n) is 7.04. The Hall–Kier alpha value is -1.60. The van der Waals surface area contributed by atoms with Crippen molar-refractivity contribution in [2.45, 2.75) is 33.8 Å². The summed E-state index contributed by atoms with van der Waals surface area (Å²) < 4.78 is 5.52. The molecule has 0 fully saturated rings. The van der Waals surface area contributed by atoms with Crippen LogP contribution >= 0.6 is 0 Å². The fourth-order valence-electron chi connectivity index (χ4n) is 1.72. The fourth-order valence-corrected chi connectivity index (χ4v) is 1.72. The Kier molecular flexibility index (Phi) is 10.5. The molecule has 0 saturated heterocycles. The molecule has 0 saturated carbocycles. The standard InChI is InChI=1S/C14H14O.2C2H6/c1-15-14(12-8-4-2-5-9-12)13-10-6-3-7-11-13;2*1-2/h2-11,14H,1H3;2*1-2H3. The van der Waals surface area contributed by atoms with Crippen molar-refractivity contribution >= 4 is 0 Å². The molecule has 2 aromatic rings. The van der Waals surface area contributed by atoms with Crippen LogP contribution in [0.5, 0.6) is 0 Å². The molecule has 0 radical (unpaired) electrons. The largest absolute Gasteiger partial charge is 0.372 e. The lowest BCUT2D eigenvalue weighted by molar-refractivity contribution is 0.136. The molecule has 2 rings (SSSR count).